The number of fused-ring (bicyclic) bond motifs is 1. The molecular formula is C12H9F6N3. The zero-order valence-corrected chi connectivity index (χ0v) is 10.4. The molecule has 0 unspecified atom stereocenters. The Morgan fingerprint density at radius 2 is 1.67 bits per heavy atom. The second-order valence-electron chi connectivity index (χ2n) is 4.89. The highest BCUT2D eigenvalue weighted by molar-refractivity contribution is 5.80. The molecule has 0 radical (unpaired) electrons. The summed E-state index contributed by atoms with van der Waals surface area (Å²) >= 11 is 0. The van der Waals surface area contributed by atoms with Gasteiger partial charge in [-0.1, -0.05) is 0 Å². The Balaban J connectivity index is 2.22. The van der Waals surface area contributed by atoms with E-state index in [0.29, 0.717) is 19.2 Å². The third-order valence-electron chi connectivity index (χ3n) is 3.41. The van der Waals surface area contributed by atoms with E-state index in [9.17, 15) is 26.3 Å². The Hall–Kier alpha value is -1.77. The molecule has 0 saturated carbocycles. The number of nitrogens with one attached hydrogen (secondary N) is 2. The van der Waals surface area contributed by atoms with Crippen LogP contribution < -0.4 is 5.32 Å². The first-order valence-corrected chi connectivity index (χ1v) is 6.05. The largest absolute Gasteiger partial charge is 0.418 e. The highest BCUT2D eigenvalue weighted by Gasteiger charge is 2.39. The Kier molecular flexibility index (Phi) is 2.94. The fraction of sp³-hybridized carbons (Fsp3) is 0.417. The van der Waals surface area contributed by atoms with Gasteiger partial charge in [0.1, 0.15) is 11.3 Å². The van der Waals surface area contributed by atoms with Gasteiger partial charge in [0.2, 0.25) is 0 Å². The van der Waals surface area contributed by atoms with Crippen molar-refractivity contribution in [2.24, 2.45) is 0 Å². The van der Waals surface area contributed by atoms with Crippen molar-refractivity contribution >= 4 is 11.0 Å². The quantitative estimate of drug-likeness (QED) is 0.794. The minimum absolute atomic E-state index is 0.103. The molecular weight excluding hydrogens is 300 g/mol. The van der Waals surface area contributed by atoms with E-state index in [4.69, 9.17) is 0 Å². The minimum atomic E-state index is -4.90. The van der Waals surface area contributed by atoms with Crippen molar-refractivity contribution in [1.82, 2.24) is 15.3 Å². The predicted octanol–water partition coefficient (Wildman–Crippen LogP) is 3.29. The third-order valence-corrected chi connectivity index (χ3v) is 3.41. The fourth-order valence-corrected chi connectivity index (χ4v) is 2.19. The third kappa shape index (κ3) is 2.45. The molecule has 3 nitrogen and oxygen atoms in total. The van der Waals surface area contributed by atoms with E-state index in [0.717, 1.165) is 0 Å². The first-order valence-electron chi connectivity index (χ1n) is 6.05. The second kappa shape index (κ2) is 4.36. The summed E-state index contributed by atoms with van der Waals surface area (Å²) in [6.07, 6.45) is -9.75. The minimum Gasteiger partial charge on any atom is -0.342 e. The van der Waals surface area contributed by atoms with Crippen LogP contribution in [-0.2, 0) is 12.4 Å². The number of imidazole rings is 1. The molecule has 9 heteroatoms. The highest BCUT2D eigenvalue weighted by atomic mass is 19.4. The molecule has 1 fully saturated rings. The molecule has 1 aliphatic rings. The Labute approximate surface area is 114 Å². The number of benzene rings is 1. The van der Waals surface area contributed by atoms with Gasteiger partial charge in [0.25, 0.3) is 0 Å². The molecule has 0 atom stereocenters. The van der Waals surface area contributed by atoms with Crippen LogP contribution in [0.1, 0.15) is 22.9 Å². The first-order chi connectivity index (χ1) is 9.66. The Bertz CT molecular complexity index is 681. The lowest BCUT2D eigenvalue weighted by molar-refractivity contribution is -0.142. The topological polar surface area (TPSA) is 40.7 Å². The second-order valence-corrected chi connectivity index (χ2v) is 4.89. The summed E-state index contributed by atoms with van der Waals surface area (Å²) in [6, 6.07) is 0.763. The van der Waals surface area contributed by atoms with Gasteiger partial charge in [0.05, 0.1) is 16.6 Å². The fourth-order valence-electron chi connectivity index (χ4n) is 2.19. The zero-order valence-electron chi connectivity index (χ0n) is 10.4. The Morgan fingerprint density at radius 1 is 1.00 bits per heavy atom. The van der Waals surface area contributed by atoms with Crippen molar-refractivity contribution in [3.63, 3.8) is 0 Å². The summed E-state index contributed by atoms with van der Waals surface area (Å²) in [7, 11) is 0. The maximum absolute atomic E-state index is 13.0. The van der Waals surface area contributed by atoms with Gasteiger partial charge in [-0.2, -0.15) is 26.3 Å². The van der Waals surface area contributed by atoms with Gasteiger partial charge in [-0.3, -0.25) is 0 Å². The molecule has 1 aliphatic heterocycles. The summed E-state index contributed by atoms with van der Waals surface area (Å²) in [5, 5.41) is 2.92. The van der Waals surface area contributed by atoms with Crippen LogP contribution in [0, 0.1) is 0 Å². The number of rotatable bonds is 1. The van der Waals surface area contributed by atoms with Crippen LogP contribution in [-0.4, -0.2) is 23.1 Å². The molecule has 0 bridgehead atoms. The molecule has 1 saturated heterocycles. The van der Waals surface area contributed by atoms with Gasteiger partial charge in [0, 0.05) is 19.0 Å². The molecule has 0 aliphatic carbocycles. The number of halogens is 6. The van der Waals surface area contributed by atoms with E-state index in [1.807, 2.05) is 0 Å². The van der Waals surface area contributed by atoms with Crippen LogP contribution >= 0.6 is 0 Å². The summed E-state index contributed by atoms with van der Waals surface area (Å²) in [4.78, 5) is 6.41. The smallest absolute Gasteiger partial charge is 0.342 e. The predicted molar refractivity (Wildman–Crippen MR) is 61.7 cm³/mol. The lowest BCUT2D eigenvalue weighted by atomic mass is 10.0. The lowest BCUT2D eigenvalue weighted by Gasteiger charge is -2.24. The Morgan fingerprint density at radius 3 is 2.14 bits per heavy atom. The average Bonchev–Trinajstić information content (AvgIpc) is 2.64. The van der Waals surface area contributed by atoms with Crippen molar-refractivity contribution < 1.29 is 26.3 Å². The molecule has 3 rings (SSSR count). The monoisotopic (exact) mass is 309 g/mol. The highest BCUT2D eigenvalue weighted by Crippen LogP contribution is 2.39. The summed E-state index contributed by atoms with van der Waals surface area (Å²) in [6.45, 7) is 1.07. The van der Waals surface area contributed by atoms with E-state index in [2.05, 4.69) is 15.3 Å². The number of H-pyrrole nitrogens is 1. The van der Waals surface area contributed by atoms with Crippen molar-refractivity contribution in [2.45, 2.75) is 18.3 Å². The summed E-state index contributed by atoms with van der Waals surface area (Å²) < 4.78 is 77.0. The van der Waals surface area contributed by atoms with Gasteiger partial charge >= 0.3 is 12.4 Å². The molecule has 21 heavy (non-hydrogen) atoms. The van der Waals surface area contributed by atoms with Gasteiger partial charge in [-0.25, -0.2) is 4.98 Å². The van der Waals surface area contributed by atoms with E-state index in [1.54, 1.807) is 0 Å². The molecule has 1 aromatic carbocycles. The number of aromatic nitrogens is 2. The molecule has 1 aromatic heterocycles. The molecule has 2 heterocycles. The van der Waals surface area contributed by atoms with Crippen LogP contribution in [0.5, 0.6) is 0 Å². The number of hydrogen-bond donors (Lipinski definition) is 2. The van der Waals surface area contributed by atoms with E-state index in [-0.39, 0.29) is 23.3 Å². The van der Waals surface area contributed by atoms with Crippen LogP contribution in [0.15, 0.2) is 12.1 Å². The van der Waals surface area contributed by atoms with Crippen LogP contribution in [0.2, 0.25) is 0 Å². The van der Waals surface area contributed by atoms with E-state index >= 15 is 0 Å². The molecule has 2 aromatic rings. The SMILES string of the molecule is FC(F)(F)c1cc(C(F)(F)F)c2nc(C3CNC3)[nH]c2c1. The average molecular weight is 309 g/mol. The number of hydrogen-bond acceptors (Lipinski definition) is 2. The van der Waals surface area contributed by atoms with E-state index in [1.165, 1.54) is 0 Å². The standard InChI is InChI=1S/C12H9F6N3/c13-11(14,15)6-1-7(12(16,17)18)9-8(2-6)20-10(21-9)5-3-19-4-5/h1-2,5,19H,3-4H2,(H,20,21). The van der Waals surface area contributed by atoms with Crippen LogP contribution in [0.25, 0.3) is 11.0 Å². The number of alkyl halides is 6. The van der Waals surface area contributed by atoms with E-state index < -0.39 is 29.0 Å². The molecule has 0 amide bonds. The van der Waals surface area contributed by atoms with Crippen molar-refractivity contribution in [3.05, 3.63) is 29.1 Å². The van der Waals surface area contributed by atoms with Crippen molar-refractivity contribution in [1.29, 1.82) is 0 Å². The van der Waals surface area contributed by atoms with Crippen molar-refractivity contribution in [2.75, 3.05) is 13.1 Å². The lowest BCUT2D eigenvalue weighted by Crippen LogP contribution is -2.40. The van der Waals surface area contributed by atoms with Gasteiger partial charge in [-0.15, -0.1) is 0 Å². The zero-order chi connectivity index (χ0) is 15.4. The first kappa shape index (κ1) is 14.2. The normalized spacial score (nSPS) is 17.2. The summed E-state index contributed by atoms with van der Waals surface area (Å²) in [5.74, 6) is 0.168. The van der Waals surface area contributed by atoms with Gasteiger partial charge < -0.3 is 10.3 Å². The summed E-state index contributed by atoms with van der Waals surface area (Å²) in [5.41, 5.74) is -3.44. The van der Waals surface area contributed by atoms with Crippen molar-refractivity contribution in [3.8, 4) is 0 Å². The number of nitrogens with zero attached hydrogens (tertiary/aromatic N) is 1. The van der Waals surface area contributed by atoms with Gasteiger partial charge in [0.15, 0.2) is 0 Å². The molecule has 2 N–H and O–H groups in total. The molecule has 0 spiro atoms. The maximum Gasteiger partial charge on any atom is 0.418 e. The maximum atomic E-state index is 13.0. The van der Waals surface area contributed by atoms with Crippen LogP contribution in [0.3, 0.4) is 0 Å². The van der Waals surface area contributed by atoms with Gasteiger partial charge in [-0.05, 0) is 12.1 Å². The number of aromatic amines is 1. The van der Waals surface area contributed by atoms with Crippen LogP contribution in [0.4, 0.5) is 26.3 Å². The molecule has 114 valence electrons.